The lowest BCUT2D eigenvalue weighted by Gasteiger charge is -2.22. The number of halogens is 2. The number of hydrogen-bond acceptors (Lipinski definition) is 3. The molecule has 21 heavy (non-hydrogen) atoms. The van der Waals surface area contributed by atoms with Gasteiger partial charge < -0.3 is 15.4 Å². The van der Waals surface area contributed by atoms with Crippen LogP contribution in [0.25, 0.3) is 0 Å². The highest BCUT2D eigenvalue weighted by Crippen LogP contribution is 2.26. The molecule has 0 saturated carbocycles. The summed E-state index contributed by atoms with van der Waals surface area (Å²) in [5.41, 5.74) is 0. The molecule has 2 amide bonds. The number of amides is 2. The number of rotatable bonds is 5. The minimum absolute atomic E-state index is 0.0755. The summed E-state index contributed by atoms with van der Waals surface area (Å²) in [6, 6.07) is 4.54. The van der Waals surface area contributed by atoms with E-state index in [1.54, 1.807) is 18.2 Å². The molecule has 1 aliphatic rings. The summed E-state index contributed by atoms with van der Waals surface area (Å²) in [5.74, 6) is 0.332. The summed E-state index contributed by atoms with van der Waals surface area (Å²) in [5, 5.41) is 6.28. The molecule has 0 bridgehead atoms. The Labute approximate surface area is 132 Å². The van der Waals surface area contributed by atoms with Gasteiger partial charge >= 0.3 is 0 Å². The van der Waals surface area contributed by atoms with Crippen molar-refractivity contribution in [1.29, 1.82) is 0 Å². The fourth-order valence-electron chi connectivity index (χ4n) is 2.04. The van der Waals surface area contributed by atoms with Gasteiger partial charge in [-0.3, -0.25) is 9.59 Å². The highest BCUT2D eigenvalue weighted by Gasteiger charge is 2.23. The molecule has 1 aromatic carbocycles. The SMILES string of the molecule is O=C1CCC[C@H](C(=O)NCCOc2ccc(Cl)c(Cl)c2)N1. The highest BCUT2D eigenvalue weighted by atomic mass is 35.5. The maximum Gasteiger partial charge on any atom is 0.242 e. The van der Waals surface area contributed by atoms with Gasteiger partial charge in [-0.25, -0.2) is 0 Å². The number of carbonyl (C=O) groups excluding carboxylic acids is 2. The third kappa shape index (κ3) is 4.79. The Morgan fingerprint density at radius 2 is 2.19 bits per heavy atom. The minimum atomic E-state index is -0.434. The average Bonchev–Trinajstić information content (AvgIpc) is 2.47. The topological polar surface area (TPSA) is 67.4 Å². The van der Waals surface area contributed by atoms with E-state index in [0.29, 0.717) is 41.8 Å². The smallest absolute Gasteiger partial charge is 0.242 e. The lowest BCUT2D eigenvalue weighted by atomic mass is 10.0. The molecule has 0 aromatic heterocycles. The average molecular weight is 331 g/mol. The van der Waals surface area contributed by atoms with E-state index in [2.05, 4.69) is 10.6 Å². The Bertz CT molecular complexity index is 537. The number of benzene rings is 1. The summed E-state index contributed by atoms with van der Waals surface area (Å²) in [6.07, 6.45) is 1.90. The second-order valence-corrected chi connectivity index (χ2v) is 5.54. The van der Waals surface area contributed by atoms with Crippen LogP contribution < -0.4 is 15.4 Å². The lowest BCUT2D eigenvalue weighted by Crippen LogP contribution is -2.49. The van der Waals surface area contributed by atoms with E-state index in [-0.39, 0.29) is 11.8 Å². The van der Waals surface area contributed by atoms with Gasteiger partial charge in [0.25, 0.3) is 0 Å². The van der Waals surface area contributed by atoms with Crippen LogP contribution in [-0.4, -0.2) is 31.0 Å². The lowest BCUT2D eigenvalue weighted by molar-refractivity contribution is -0.131. The first-order valence-corrected chi connectivity index (χ1v) is 7.47. The number of ether oxygens (including phenoxy) is 1. The van der Waals surface area contributed by atoms with Crippen molar-refractivity contribution in [3.8, 4) is 5.75 Å². The van der Waals surface area contributed by atoms with Gasteiger partial charge in [-0.05, 0) is 25.0 Å². The van der Waals surface area contributed by atoms with E-state index in [0.717, 1.165) is 6.42 Å². The van der Waals surface area contributed by atoms with Gasteiger partial charge in [0.05, 0.1) is 16.6 Å². The molecule has 1 atom stereocenters. The van der Waals surface area contributed by atoms with Crippen LogP contribution >= 0.6 is 23.2 Å². The molecule has 0 spiro atoms. The van der Waals surface area contributed by atoms with Crippen molar-refractivity contribution in [3.05, 3.63) is 28.2 Å². The van der Waals surface area contributed by atoms with Gasteiger partial charge in [-0.1, -0.05) is 23.2 Å². The van der Waals surface area contributed by atoms with Crippen molar-refractivity contribution in [3.63, 3.8) is 0 Å². The van der Waals surface area contributed by atoms with Crippen LogP contribution in [-0.2, 0) is 9.59 Å². The molecule has 1 fully saturated rings. The Balaban J connectivity index is 1.70. The van der Waals surface area contributed by atoms with E-state index in [1.807, 2.05) is 0 Å². The fraction of sp³-hybridized carbons (Fsp3) is 0.429. The van der Waals surface area contributed by atoms with Gasteiger partial charge in [0, 0.05) is 12.5 Å². The van der Waals surface area contributed by atoms with Crippen molar-refractivity contribution in [2.75, 3.05) is 13.2 Å². The van der Waals surface area contributed by atoms with E-state index in [1.165, 1.54) is 0 Å². The van der Waals surface area contributed by atoms with Crippen LogP contribution in [0.15, 0.2) is 18.2 Å². The summed E-state index contributed by atoms with van der Waals surface area (Å²) in [6.45, 7) is 0.663. The third-order valence-electron chi connectivity index (χ3n) is 3.11. The quantitative estimate of drug-likeness (QED) is 0.813. The van der Waals surface area contributed by atoms with Crippen molar-refractivity contribution in [2.24, 2.45) is 0 Å². The molecule has 114 valence electrons. The molecule has 1 heterocycles. The normalized spacial score (nSPS) is 18.0. The van der Waals surface area contributed by atoms with Gasteiger partial charge in [-0.15, -0.1) is 0 Å². The number of piperidine rings is 1. The van der Waals surface area contributed by atoms with Crippen LogP contribution in [0.3, 0.4) is 0 Å². The minimum Gasteiger partial charge on any atom is -0.492 e. The molecule has 1 aromatic rings. The van der Waals surface area contributed by atoms with Crippen molar-refractivity contribution in [2.45, 2.75) is 25.3 Å². The Morgan fingerprint density at radius 3 is 2.90 bits per heavy atom. The molecular weight excluding hydrogens is 315 g/mol. The molecule has 5 nitrogen and oxygen atoms in total. The summed E-state index contributed by atoms with van der Waals surface area (Å²) >= 11 is 11.7. The Morgan fingerprint density at radius 1 is 1.38 bits per heavy atom. The summed E-state index contributed by atoms with van der Waals surface area (Å²) in [7, 11) is 0. The van der Waals surface area contributed by atoms with Crippen LogP contribution in [0.2, 0.25) is 10.0 Å². The van der Waals surface area contributed by atoms with E-state index >= 15 is 0 Å². The Kier molecular flexibility index (Phi) is 5.70. The zero-order valence-corrected chi connectivity index (χ0v) is 12.8. The second kappa shape index (κ2) is 7.52. The second-order valence-electron chi connectivity index (χ2n) is 4.73. The van der Waals surface area contributed by atoms with Crippen LogP contribution in [0.4, 0.5) is 0 Å². The Hall–Kier alpha value is -1.46. The van der Waals surface area contributed by atoms with Crippen molar-refractivity contribution in [1.82, 2.24) is 10.6 Å². The maximum atomic E-state index is 11.8. The molecule has 0 aliphatic carbocycles. The standard InChI is InChI=1S/C14H16Cl2N2O3/c15-10-5-4-9(8-11(10)16)21-7-6-17-14(20)12-2-1-3-13(19)18-12/h4-5,8,12H,1-3,6-7H2,(H,17,20)(H,18,19)/t12-/m1/s1. The van der Waals surface area contributed by atoms with Crippen molar-refractivity contribution < 1.29 is 14.3 Å². The molecular formula is C14H16Cl2N2O3. The van der Waals surface area contributed by atoms with Crippen LogP contribution in [0.5, 0.6) is 5.75 Å². The van der Waals surface area contributed by atoms with E-state index < -0.39 is 6.04 Å². The van der Waals surface area contributed by atoms with Crippen LogP contribution in [0, 0.1) is 0 Å². The zero-order valence-electron chi connectivity index (χ0n) is 11.3. The highest BCUT2D eigenvalue weighted by molar-refractivity contribution is 6.42. The molecule has 7 heteroatoms. The molecule has 1 aliphatic heterocycles. The van der Waals surface area contributed by atoms with Gasteiger partial charge in [-0.2, -0.15) is 0 Å². The summed E-state index contributed by atoms with van der Waals surface area (Å²) in [4.78, 5) is 23.0. The number of carbonyl (C=O) groups is 2. The molecule has 0 radical (unpaired) electrons. The van der Waals surface area contributed by atoms with Gasteiger partial charge in [0.2, 0.25) is 11.8 Å². The molecule has 1 saturated heterocycles. The van der Waals surface area contributed by atoms with Gasteiger partial charge in [0.1, 0.15) is 18.4 Å². The van der Waals surface area contributed by atoms with Crippen molar-refractivity contribution >= 4 is 35.0 Å². The largest absolute Gasteiger partial charge is 0.492 e. The third-order valence-corrected chi connectivity index (χ3v) is 3.85. The molecule has 2 N–H and O–H groups in total. The maximum absolute atomic E-state index is 11.8. The number of hydrogen-bond donors (Lipinski definition) is 2. The van der Waals surface area contributed by atoms with Gasteiger partial charge in [0.15, 0.2) is 0 Å². The molecule has 0 unspecified atom stereocenters. The van der Waals surface area contributed by atoms with Crippen LogP contribution in [0.1, 0.15) is 19.3 Å². The predicted molar refractivity (Wildman–Crippen MR) is 80.7 cm³/mol. The molecule has 2 rings (SSSR count). The zero-order chi connectivity index (χ0) is 15.2. The monoisotopic (exact) mass is 330 g/mol. The first-order valence-electron chi connectivity index (χ1n) is 6.71. The number of nitrogens with one attached hydrogen (secondary N) is 2. The predicted octanol–water partition coefficient (Wildman–Crippen LogP) is 2.16. The first-order chi connectivity index (χ1) is 10.1. The fourth-order valence-corrected chi connectivity index (χ4v) is 2.32. The van der Waals surface area contributed by atoms with E-state index in [9.17, 15) is 9.59 Å². The summed E-state index contributed by atoms with van der Waals surface area (Å²) < 4.78 is 5.46. The van der Waals surface area contributed by atoms with E-state index in [4.69, 9.17) is 27.9 Å². The first kappa shape index (κ1) is 15.9.